The first-order valence-corrected chi connectivity index (χ1v) is 6.24. The van der Waals surface area contributed by atoms with Crippen LogP contribution in [0, 0.1) is 0 Å². The van der Waals surface area contributed by atoms with E-state index in [-0.39, 0.29) is 0 Å². The molecule has 2 N–H and O–H groups in total. The minimum Gasteiger partial charge on any atom is -0.480 e. The summed E-state index contributed by atoms with van der Waals surface area (Å²) in [5.41, 5.74) is 6.38. The van der Waals surface area contributed by atoms with Crippen molar-refractivity contribution in [3.8, 4) is 5.88 Å². The van der Waals surface area contributed by atoms with E-state index in [0.29, 0.717) is 12.4 Å². The van der Waals surface area contributed by atoms with Crippen LogP contribution in [0.4, 0.5) is 0 Å². The van der Waals surface area contributed by atoms with E-state index in [1.54, 1.807) is 7.11 Å². The number of aromatic nitrogens is 2. The number of ether oxygens (including phenoxy) is 1. The molecule has 90 valence electrons. The van der Waals surface area contributed by atoms with Crippen LogP contribution in [0.3, 0.4) is 0 Å². The fourth-order valence-corrected chi connectivity index (χ4v) is 2.00. The number of hydrogen-bond donors (Lipinski definition) is 1. The Bertz CT molecular complexity index is 530. The standard InChI is InChI=1S/C12H14BrN3O/c1-17-12-9-5-4-8(13)7-10(9)15-11(16-12)3-2-6-14/h4-5,7H,2-3,6,14H2,1H3. The Morgan fingerprint density at radius 3 is 2.88 bits per heavy atom. The van der Waals surface area contributed by atoms with Crippen molar-refractivity contribution < 1.29 is 4.74 Å². The third-order valence-corrected chi connectivity index (χ3v) is 2.96. The van der Waals surface area contributed by atoms with Gasteiger partial charge in [-0.3, -0.25) is 0 Å². The highest BCUT2D eigenvalue weighted by atomic mass is 79.9. The maximum absolute atomic E-state index is 5.49. The molecule has 0 aliphatic rings. The van der Waals surface area contributed by atoms with Crippen molar-refractivity contribution in [2.24, 2.45) is 5.73 Å². The average molecular weight is 296 g/mol. The maximum atomic E-state index is 5.49. The number of fused-ring (bicyclic) bond motifs is 1. The lowest BCUT2D eigenvalue weighted by molar-refractivity contribution is 0.400. The van der Waals surface area contributed by atoms with Gasteiger partial charge in [0.2, 0.25) is 5.88 Å². The van der Waals surface area contributed by atoms with E-state index in [1.807, 2.05) is 18.2 Å². The number of nitrogens with zero attached hydrogens (tertiary/aromatic N) is 2. The number of nitrogens with two attached hydrogens (primary N) is 1. The summed E-state index contributed by atoms with van der Waals surface area (Å²) in [5, 5.41) is 0.923. The highest BCUT2D eigenvalue weighted by molar-refractivity contribution is 9.10. The van der Waals surface area contributed by atoms with Crippen molar-refractivity contribution in [2.75, 3.05) is 13.7 Å². The zero-order chi connectivity index (χ0) is 12.3. The molecule has 17 heavy (non-hydrogen) atoms. The molecule has 0 saturated heterocycles. The molecule has 0 aliphatic carbocycles. The molecule has 1 heterocycles. The molecule has 0 amide bonds. The minimum atomic E-state index is 0.620. The van der Waals surface area contributed by atoms with Gasteiger partial charge in [0.05, 0.1) is 18.0 Å². The molecule has 0 atom stereocenters. The normalized spacial score (nSPS) is 10.8. The largest absolute Gasteiger partial charge is 0.480 e. The van der Waals surface area contributed by atoms with Gasteiger partial charge in [0.25, 0.3) is 0 Å². The van der Waals surface area contributed by atoms with E-state index in [4.69, 9.17) is 10.5 Å². The maximum Gasteiger partial charge on any atom is 0.224 e. The van der Waals surface area contributed by atoms with Gasteiger partial charge in [-0.05, 0) is 31.2 Å². The summed E-state index contributed by atoms with van der Waals surface area (Å²) in [5.74, 6) is 1.40. The molecule has 1 aromatic heterocycles. The molecule has 0 radical (unpaired) electrons. The number of hydrogen-bond acceptors (Lipinski definition) is 4. The molecule has 5 heteroatoms. The SMILES string of the molecule is COc1nc(CCCN)nc2cc(Br)ccc12. The molecule has 0 unspecified atom stereocenters. The van der Waals surface area contributed by atoms with Crippen LogP contribution >= 0.6 is 15.9 Å². The number of benzene rings is 1. The highest BCUT2D eigenvalue weighted by Gasteiger charge is 2.08. The Kier molecular flexibility index (Phi) is 3.91. The summed E-state index contributed by atoms with van der Waals surface area (Å²) in [4.78, 5) is 8.89. The Balaban J connectivity index is 2.50. The minimum absolute atomic E-state index is 0.620. The summed E-state index contributed by atoms with van der Waals surface area (Å²) >= 11 is 3.43. The monoisotopic (exact) mass is 295 g/mol. The molecule has 0 bridgehead atoms. The Morgan fingerprint density at radius 2 is 2.18 bits per heavy atom. The Labute approximate surface area is 108 Å². The molecule has 0 spiro atoms. The van der Waals surface area contributed by atoms with Crippen molar-refractivity contribution in [3.63, 3.8) is 0 Å². The summed E-state index contributed by atoms with van der Waals surface area (Å²) in [7, 11) is 1.62. The van der Waals surface area contributed by atoms with E-state index < -0.39 is 0 Å². The van der Waals surface area contributed by atoms with E-state index >= 15 is 0 Å². The molecule has 4 nitrogen and oxygen atoms in total. The number of halogens is 1. The van der Waals surface area contributed by atoms with Crippen LogP contribution in [0.25, 0.3) is 10.9 Å². The molecule has 2 rings (SSSR count). The summed E-state index contributed by atoms with van der Waals surface area (Å²) < 4.78 is 6.29. The molecule has 0 aliphatic heterocycles. The lowest BCUT2D eigenvalue weighted by atomic mass is 10.2. The number of aryl methyl sites for hydroxylation is 1. The highest BCUT2D eigenvalue weighted by Crippen LogP contribution is 2.25. The van der Waals surface area contributed by atoms with Crippen LogP contribution in [-0.2, 0) is 6.42 Å². The first-order chi connectivity index (χ1) is 8.24. The van der Waals surface area contributed by atoms with Crippen LogP contribution < -0.4 is 10.5 Å². The van der Waals surface area contributed by atoms with Crippen molar-refractivity contribution in [1.29, 1.82) is 0 Å². The predicted octanol–water partition coefficient (Wildman–Crippen LogP) is 2.29. The lowest BCUT2D eigenvalue weighted by Crippen LogP contribution is -2.04. The van der Waals surface area contributed by atoms with Crippen molar-refractivity contribution in [3.05, 3.63) is 28.5 Å². The van der Waals surface area contributed by atoms with Crippen molar-refractivity contribution in [2.45, 2.75) is 12.8 Å². The van der Waals surface area contributed by atoms with Gasteiger partial charge in [0.15, 0.2) is 0 Å². The van der Waals surface area contributed by atoms with Crippen LogP contribution in [0.2, 0.25) is 0 Å². The van der Waals surface area contributed by atoms with Gasteiger partial charge < -0.3 is 10.5 Å². The molecule has 1 aromatic carbocycles. The van der Waals surface area contributed by atoms with Gasteiger partial charge in [0.1, 0.15) is 5.82 Å². The smallest absolute Gasteiger partial charge is 0.224 e. The van der Waals surface area contributed by atoms with Gasteiger partial charge in [-0.1, -0.05) is 15.9 Å². The van der Waals surface area contributed by atoms with Crippen LogP contribution in [-0.4, -0.2) is 23.6 Å². The third kappa shape index (κ3) is 2.73. The number of methoxy groups -OCH3 is 1. The molecule has 0 saturated carbocycles. The topological polar surface area (TPSA) is 61.0 Å². The molecule has 0 fully saturated rings. The third-order valence-electron chi connectivity index (χ3n) is 2.47. The van der Waals surface area contributed by atoms with Gasteiger partial charge in [0, 0.05) is 10.9 Å². The zero-order valence-corrected chi connectivity index (χ0v) is 11.2. The van der Waals surface area contributed by atoms with Crippen LogP contribution in [0.15, 0.2) is 22.7 Å². The summed E-state index contributed by atoms with van der Waals surface area (Å²) in [6, 6.07) is 5.87. The van der Waals surface area contributed by atoms with Crippen LogP contribution in [0.5, 0.6) is 5.88 Å². The van der Waals surface area contributed by atoms with E-state index in [2.05, 4.69) is 25.9 Å². The lowest BCUT2D eigenvalue weighted by Gasteiger charge is -2.07. The number of rotatable bonds is 4. The fourth-order valence-electron chi connectivity index (χ4n) is 1.65. The quantitative estimate of drug-likeness (QED) is 0.940. The van der Waals surface area contributed by atoms with Gasteiger partial charge in [-0.15, -0.1) is 0 Å². The van der Waals surface area contributed by atoms with Crippen molar-refractivity contribution in [1.82, 2.24) is 9.97 Å². The molecular formula is C12H14BrN3O. The average Bonchev–Trinajstić information content (AvgIpc) is 2.34. The summed E-state index contributed by atoms with van der Waals surface area (Å²) in [6.07, 6.45) is 1.65. The second kappa shape index (κ2) is 5.42. The van der Waals surface area contributed by atoms with E-state index in [0.717, 1.165) is 34.0 Å². The fraction of sp³-hybridized carbons (Fsp3) is 0.333. The first kappa shape index (κ1) is 12.3. The van der Waals surface area contributed by atoms with Gasteiger partial charge in [-0.25, -0.2) is 4.98 Å². The van der Waals surface area contributed by atoms with Gasteiger partial charge in [-0.2, -0.15) is 4.98 Å². The Hall–Kier alpha value is -1.20. The molecule has 2 aromatic rings. The van der Waals surface area contributed by atoms with E-state index in [9.17, 15) is 0 Å². The first-order valence-electron chi connectivity index (χ1n) is 5.45. The van der Waals surface area contributed by atoms with Crippen LogP contribution in [0.1, 0.15) is 12.2 Å². The predicted molar refractivity (Wildman–Crippen MR) is 71.2 cm³/mol. The molecular weight excluding hydrogens is 282 g/mol. The summed E-state index contributed by atoms with van der Waals surface area (Å²) in [6.45, 7) is 0.641. The second-order valence-electron chi connectivity index (χ2n) is 3.70. The second-order valence-corrected chi connectivity index (χ2v) is 4.62. The van der Waals surface area contributed by atoms with Gasteiger partial charge >= 0.3 is 0 Å². The zero-order valence-electron chi connectivity index (χ0n) is 9.61. The van der Waals surface area contributed by atoms with E-state index in [1.165, 1.54) is 0 Å². The Morgan fingerprint density at radius 1 is 1.35 bits per heavy atom. The van der Waals surface area contributed by atoms with Crippen molar-refractivity contribution >= 4 is 26.8 Å².